The molecule has 0 aliphatic carbocycles. The fourth-order valence-electron chi connectivity index (χ4n) is 2.63. The van der Waals surface area contributed by atoms with Crippen molar-refractivity contribution < 1.29 is 27.5 Å². The largest absolute Gasteiger partial charge is 0.467 e. The highest BCUT2D eigenvalue weighted by molar-refractivity contribution is 7.89. The van der Waals surface area contributed by atoms with Crippen molar-refractivity contribution in [3.05, 3.63) is 29.3 Å². The molecular formula is C17H23ClN2O6S. The molecule has 1 amide bonds. The molecule has 8 nitrogen and oxygen atoms in total. The molecule has 0 aromatic heterocycles. The lowest BCUT2D eigenvalue weighted by Gasteiger charge is -2.39. The summed E-state index contributed by atoms with van der Waals surface area (Å²) in [5, 5.41) is 0.285. The number of amides is 1. The maximum atomic E-state index is 12.9. The minimum atomic E-state index is -3.88. The van der Waals surface area contributed by atoms with Crippen molar-refractivity contribution >= 4 is 33.7 Å². The number of carbonyl (C=O) groups excluding carboxylic acids is 2. The van der Waals surface area contributed by atoms with Gasteiger partial charge in [-0.05, 0) is 39.0 Å². The molecule has 0 spiro atoms. The van der Waals surface area contributed by atoms with Gasteiger partial charge in [0.25, 0.3) is 0 Å². The number of nitrogens with zero attached hydrogens (tertiary/aromatic N) is 2. The Kier molecular flexibility index (Phi) is 6.39. The highest BCUT2D eigenvalue weighted by Crippen LogP contribution is 2.24. The van der Waals surface area contributed by atoms with E-state index in [0.717, 1.165) is 4.31 Å². The van der Waals surface area contributed by atoms with E-state index in [1.165, 1.54) is 30.2 Å². The van der Waals surface area contributed by atoms with Crippen LogP contribution in [-0.2, 0) is 24.3 Å². The predicted molar refractivity (Wildman–Crippen MR) is 99.0 cm³/mol. The van der Waals surface area contributed by atoms with Crippen molar-refractivity contribution in [1.29, 1.82) is 0 Å². The lowest BCUT2D eigenvalue weighted by atomic mass is 10.2. The molecule has 1 fully saturated rings. The van der Waals surface area contributed by atoms with Crippen LogP contribution >= 0.6 is 11.6 Å². The third-order valence-electron chi connectivity index (χ3n) is 3.88. The molecule has 1 atom stereocenters. The molecule has 0 saturated carbocycles. The number of esters is 1. The van der Waals surface area contributed by atoms with Gasteiger partial charge in [0.15, 0.2) is 0 Å². The van der Waals surface area contributed by atoms with E-state index < -0.39 is 33.7 Å². The lowest BCUT2D eigenvalue weighted by molar-refractivity contribution is -0.148. The van der Waals surface area contributed by atoms with E-state index in [1.54, 1.807) is 26.8 Å². The van der Waals surface area contributed by atoms with Crippen LogP contribution in [0.2, 0.25) is 5.02 Å². The van der Waals surface area contributed by atoms with Crippen molar-refractivity contribution in [2.24, 2.45) is 0 Å². The lowest BCUT2D eigenvalue weighted by Crippen LogP contribution is -2.60. The van der Waals surface area contributed by atoms with Gasteiger partial charge < -0.3 is 9.47 Å². The van der Waals surface area contributed by atoms with Crippen LogP contribution in [0.4, 0.5) is 4.79 Å². The van der Waals surface area contributed by atoms with Crippen LogP contribution < -0.4 is 0 Å². The summed E-state index contributed by atoms with van der Waals surface area (Å²) >= 11 is 5.89. The number of methoxy groups -OCH3 is 1. The van der Waals surface area contributed by atoms with E-state index in [4.69, 9.17) is 21.1 Å². The summed E-state index contributed by atoms with van der Waals surface area (Å²) in [5.74, 6) is -0.716. The monoisotopic (exact) mass is 418 g/mol. The van der Waals surface area contributed by atoms with Gasteiger partial charge in [0.2, 0.25) is 10.0 Å². The molecule has 150 valence electrons. The zero-order valence-corrected chi connectivity index (χ0v) is 17.2. The highest BCUT2D eigenvalue weighted by atomic mass is 35.5. The van der Waals surface area contributed by atoms with Crippen molar-refractivity contribution in [1.82, 2.24) is 9.21 Å². The van der Waals surface area contributed by atoms with Crippen LogP contribution in [0.5, 0.6) is 0 Å². The minimum absolute atomic E-state index is 0.00548. The number of carbonyl (C=O) groups is 2. The maximum absolute atomic E-state index is 12.9. The summed E-state index contributed by atoms with van der Waals surface area (Å²) in [6.07, 6.45) is -0.697. The summed E-state index contributed by atoms with van der Waals surface area (Å²) in [4.78, 5) is 25.8. The van der Waals surface area contributed by atoms with Crippen LogP contribution in [0.25, 0.3) is 0 Å². The second kappa shape index (κ2) is 8.04. The molecular weight excluding hydrogens is 396 g/mol. The summed E-state index contributed by atoms with van der Waals surface area (Å²) in [5.41, 5.74) is -0.748. The summed E-state index contributed by atoms with van der Waals surface area (Å²) < 4.78 is 37.0. The smallest absolute Gasteiger partial charge is 0.411 e. The fraction of sp³-hybridized carbons (Fsp3) is 0.529. The second-order valence-corrected chi connectivity index (χ2v) is 9.41. The van der Waals surface area contributed by atoms with Crippen molar-refractivity contribution in [3.8, 4) is 0 Å². The fourth-order valence-corrected chi connectivity index (χ4v) is 4.37. The molecule has 0 N–H and O–H groups in total. The molecule has 1 heterocycles. The molecule has 2 rings (SSSR count). The zero-order chi connectivity index (χ0) is 20.4. The Morgan fingerprint density at radius 1 is 1.22 bits per heavy atom. The third-order valence-corrected chi connectivity index (χ3v) is 5.97. The first-order valence-electron chi connectivity index (χ1n) is 8.29. The Morgan fingerprint density at radius 2 is 1.89 bits per heavy atom. The van der Waals surface area contributed by atoms with Gasteiger partial charge in [0.1, 0.15) is 11.6 Å². The number of rotatable bonds is 3. The van der Waals surface area contributed by atoms with Crippen molar-refractivity contribution in [3.63, 3.8) is 0 Å². The Balaban J connectivity index is 2.28. The molecule has 1 saturated heterocycles. The van der Waals surface area contributed by atoms with Crippen LogP contribution in [0, 0.1) is 0 Å². The van der Waals surface area contributed by atoms with Gasteiger partial charge in [-0.2, -0.15) is 4.31 Å². The molecule has 0 bridgehead atoms. The first kappa shape index (κ1) is 21.5. The van der Waals surface area contributed by atoms with Crippen LogP contribution in [0.3, 0.4) is 0 Å². The van der Waals surface area contributed by atoms with Crippen molar-refractivity contribution in [2.75, 3.05) is 26.7 Å². The molecule has 27 heavy (non-hydrogen) atoms. The number of sulfonamides is 1. The summed E-state index contributed by atoms with van der Waals surface area (Å²) in [6, 6.07) is 4.76. The molecule has 0 radical (unpaired) electrons. The SMILES string of the molecule is COC(=O)C1CN(S(=O)(=O)c2cccc(Cl)c2)CCN1C(=O)OC(C)(C)C. The van der Waals surface area contributed by atoms with E-state index in [9.17, 15) is 18.0 Å². The Labute approximate surface area is 164 Å². The topological polar surface area (TPSA) is 93.2 Å². The Hall–Kier alpha value is -1.84. The number of piperazine rings is 1. The second-order valence-electron chi connectivity index (χ2n) is 7.03. The van der Waals surface area contributed by atoms with Crippen molar-refractivity contribution in [2.45, 2.75) is 37.3 Å². The molecule has 10 heteroatoms. The predicted octanol–water partition coefficient (Wildman–Crippen LogP) is 2.12. The van der Waals surface area contributed by atoms with E-state index in [2.05, 4.69) is 0 Å². The third kappa shape index (κ3) is 5.12. The van der Waals surface area contributed by atoms with Gasteiger partial charge in [-0.3, -0.25) is 4.90 Å². The van der Waals surface area contributed by atoms with Gasteiger partial charge in [-0.15, -0.1) is 0 Å². The normalized spacial score (nSPS) is 18.9. The standard InChI is InChI=1S/C17H23ClN2O6S/c1-17(2,3)26-16(22)20-9-8-19(11-14(20)15(21)25-4)27(23,24)13-7-5-6-12(18)10-13/h5-7,10,14H,8-9,11H2,1-4H3. The first-order chi connectivity index (χ1) is 12.5. The quantitative estimate of drug-likeness (QED) is 0.698. The number of hydrogen-bond acceptors (Lipinski definition) is 6. The van der Waals surface area contributed by atoms with E-state index in [-0.39, 0.29) is 29.6 Å². The average Bonchev–Trinajstić information content (AvgIpc) is 2.59. The summed E-state index contributed by atoms with van der Waals surface area (Å²) in [6.45, 7) is 4.89. The van der Waals surface area contributed by atoms with E-state index in [1.807, 2.05) is 0 Å². The van der Waals surface area contributed by atoms with E-state index >= 15 is 0 Å². The first-order valence-corrected chi connectivity index (χ1v) is 10.1. The Bertz CT molecular complexity index is 821. The molecule has 1 aromatic rings. The van der Waals surface area contributed by atoms with Gasteiger partial charge in [-0.1, -0.05) is 17.7 Å². The number of hydrogen-bond donors (Lipinski definition) is 0. The summed E-state index contributed by atoms with van der Waals surface area (Å²) in [7, 11) is -2.70. The van der Waals surface area contributed by atoms with Crippen LogP contribution in [-0.4, -0.2) is 68.1 Å². The molecule has 1 unspecified atom stereocenters. The molecule has 1 aliphatic heterocycles. The average molecular weight is 419 g/mol. The number of benzene rings is 1. The molecule has 1 aliphatic rings. The number of halogens is 1. The van der Waals surface area contributed by atoms with Gasteiger partial charge in [0, 0.05) is 24.7 Å². The zero-order valence-electron chi connectivity index (χ0n) is 15.6. The van der Waals surface area contributed by atoms with Gasteiger partial charge >= 0.3 is 12.1 Å². The van der Waals surface area contributed by atoms with Crippen LogP contribution in [0.15, 0.2) is 29.2 Å². The minimum Gasteiger partial charge on any atom is -0.467 e. The van der Waals surface area contributed by atoms with Gasteiger partial charge in [-0.25, -0.2) is 18.0 Å². The Morgan fingerprint density at radius 3 is 2.44 bits per heavy atom. The van der Waals surface area contributed by atoms with E-state index in [0.29, 0.717) is 0 Å². The van der Waals surface area contributed by atoms with Crippen LogP contribution in [0.1, 0.15) is 20.8 Å². The highest BCUT2D eigenvalue weighted by Gasteiger charge is 2.42. The maximum Gasteiger partial charge on any atom is 0.411 e. The molecule has 1 aromatic carbocycles. The van der Waals surface area contributed by atoms with Gasteiger partial charge in [0.05, 0.1) is 12.0 Å². The number of ether oxygens (including phenoxy) is 2.